The summed E-state index contributed by atoms with van der Waals surface area (Å²) in [6.45, 7) is 5.78. The number of carbonyl (C=O) groups excluding carboxylic acids is 3. The minimum atomic E-state index is -1.37. The van der Waals surface area contributed by atoms with Gasteiger partial charge < -0.3 is 14.8 Å². The zero-order valence-corrected chi connectivity index (χ0v) is 15.1. The molecule has 0 aliphatic heterocycles. The number of hydrogen-bond acceptors (Lipinski definition) is 5. The van der Waals surface area contributed by atoms with Crippen molar-refractivity contribution in [3.8, 4) is 0 Å². The highest BCUT2D eigenvalue weighted by Gasteiger charge is 2.34. The molecular formula is C18H31NO5. The van der Waals surface area contributed by atoms with Crippen molar-refractivity contribution in [1.29, 1.82) is 0 Å². The summed E-state index contributed by atoms with van der Waals surface area (Å²) in [5.41, 5.74) is 0. The number of ether oxygens (including phenoxy) is 2. The summed E-state index contributed by atoms with van der Waals surface area (Å²) >= 11 is 0. The van der Waals surface area contributed by atoms with Crippen molar-refractivity contribution < 1.29 is 23.9 Å². The summed E-state index contributed by atoms with van der Waals surface area (Å²) in [7, 11) is 0. The van der Waals surface area contributed by atoms with Gasteiger partial charge in [-0.05, 0) is 45.4 Å². The van der Waals surface area contributed by atoms with Crippen LogP contribution in [0.25, 0.3) is 0 Å². The van der Waals surface area contributed by atoms with Crippen LogP contribution in [0.5, 0.6) is 0 Å². The molecule has 0 bridgehead atoms. The van der Waals surface area contributed by atoms with Crippen molar-refractivity contribution in [2.24, 2.45) is 11.8 Å². The maximum absolute atomic E-state index is 12.4. The lowest BCUT2D eigenvalue weighted by molar-refractivity contribution is -0.160. The molecule has 1 rings (SSSR count). The van der Waals surface area contributed by atoms with Crippen LogP contribution in [-0.2, 0) is 23.9 Å². The normalized spacial score (nSPS) is 20.5. The first kappa shape index (κ1) is 20.5. The fourth-order valence-electron chi connectivity index (χ4n) is 3.13. The van der Waals surface area contributed by atoms with Crippen LogP contribution in [0.15, 0.2) is 0 Å². The number of carbonyl (C=O) groups is 3. The molecule has 0 aromatic carbocycles. The summed E-state index contributed by atoms with van der Waals surface area (Å²) in [6, 6.07) is -1.37. The highest BCUT2D eigenvalue weighted by atomic mass is 16.6. The highest BCUT2D eigenvalue weighted by Crippen LogP contribution is 2.32. The summed E-state index contributed by atoms with van der Waals surface area (Å²) in [6.07, 6.45) is 7.32. The monoisotopic (exact) mass is 341 g/mol. The zero-order valence-electron chi connectivity index (χ0n) is 15.1. The first-order valence-electron chi connectivity index (χ1n) is 9.17. The van der Waals surface area contributed by atoms with Gasteiger partial charge in [0.1, 0.15) is 0 Å². The Bertz CT molecular complexity index is 398. The number of esters is 2. The van der Waals surface area contributed by atoms with E-state index in [-0.39, 0.29) is 25.0 Å². The van der Waals surface area contributed by atoms with Gasteiger partial charge in [0.25, 0.3) is 0 Å². The van der Waals surface area contributed by atoms with Crippen LogP contribution in [-0.4, -0.2) is 37.1 Å². The van der Waals surface area contributed by atoms with E-state index in [0.717, 1.165) is 25.7 Å². The molecule has 1 aliphatic carbocycles. The Hall–Kier alpha value is -1.59. The minimum absolute atomic E-state index is 0.144. The molecule has 1 fully saturated rings. The lowest BCUT2D eigenvalue weighted by atomic mass is 9.79. The van der Waals surface area contributed by atoms with Gasteiger partial charge in [-0.25, -0.2) is 9.59 Å². The largest absolute Gasteiger partial charge is 0.464 e. The predicted octanol–water partition coefficient (Wildman–Crippen LogP) is 2.59. The highest BCUT2D eigenvalue weighted by molar-refractivity contribution is 6.02. The van der Waals surface area contributed by atoms with Gasteiger partial charge in [-0.1, -0.05) is 26.2 Å². The number of rotatable bonds is 9. The van der Waals surface area contributed by atoms with E-state index in [9.17, 15) is 14.4 Å². The third kappa shape index (κ3) is 6.49. The number of amides is 1. The molecule has 0 unspecified atom stereocenters. The molecule has 0 aromatic rings. The van der Waals surface area contributed by atoms with Gasteiger partial charge in [0.15, 0.2) is 0 Å². The molecule has 0 radical (unpaired) electrons. The molecule has 138 valence electrons. The van der Waals surface area contributed by atoms with Gasteiger partial charge in [0.05, 0.1) is 13.2 Å². The fraction of sp³-hybridized carbons (Fsp3) is 0.833. The lowest BCUT2D eigenvalue weighted by Crippen LogP contribution is -2.50. The fourth-order valence-corrected chi connectivity index (χ4v) is 3.13. The molecule has 0 heterocycles. The molecule has 0 atom stereocenters. The Morgan fingerprint density at radius 1 is 0.958 bits per heavy atom. The van der Waals surface area contributed by atoms with Gasteiger partial charge in [-0.15, -0.1) is 0 Å². The number of nitrogens with one attached hydrogen (secondary N) is 1. The molecule has 0 saturated heterocycles. The standard InChI is InChI=1S/C18H31NO5/c1-4-7-8-13-9-11-14(12-10-13)16(20)19-15(17(21)23-5-2)18(22)24-6-3/h13-15H,4-12H2,1-3H3,(H,19,20). The van der Waals surface area contributed by atoms with Gasteiger partial charge in [0.2, 0.25) is 11.9 Å². The van der Waals surface area contributed by atoms with Crippen LogP contribution >= 0.6 is 0 Å². The van der Waals surface area contributed by atoms with E-state index in [4.69, 9.17) is 9.47 Å². The zero-order chi connectivity index (χ0) is 17.9. The van der Waals surface area contributed by atoms with E-state index >= 15 is 0 Å². The average Bonchev–Trinajstić information content (AvgIpc) is 2.58. The van der Waals surface area contributed by atoms with Gasteiger partial charge in [-0.3, -0.25) is 4.79 Å². The molecule has 1 amide bonds. The van der Waals surface area contributed by atoms with E-state index < -0.39 is 18.0 Å². The maximum Gasteiger partial charge on any atom is 0.340 e. The minimum Gasteiger partial charge on any atom is -0.464 e. The lowest BCUT2D eigenvalue weighted by Gasteiger charge is -2.28. The van der Waals surface area contributed by atoms with Crippen LogP contribution in [0.1, 0.15) is 65.7 Å². The molecule has 24 heavy (non-hydrogen) atoms. The molecule has 6 heteroatoms. The Morgan fingerprint density at radius 2 is 1.50 bits per heavy atom. The van der Waals surface area contributed by atoms with E-state index in [1.807, 2.05) is 0 Å². The van der Waals surface area contributed by atoms with E-state index in [1.54, 1.807) is 13.8 Å². The van der Waals surface area contributed by atoms with Crippen molar-refractivity contribution in [2.75, 3.05) is 13.2 Å². The molecule has 1 N–H and O–H groups in total. The van der Waals surface area contributed by atoms with Crippen molar-refractivity contribution in [3.05, 3.63) is 0 Å². The van der Waals surface area contributed by atoms with Gasteiger partial charge >= 0.3 is 11.9 Å². The number of hydrogen-bond donors (Lipinski definition) is 1. The van der Waals surface area contributed by atoms with E-state index in [0.29, 0.717) is 5.92 Å². The second-order valence-electron chi connectivity index (χ2n) is 6.31. The molecular weight excluding hydrogens is 310 g/mol. The Balaban J connectivity index is 2.55. The average molecular weight is 341 g/mol. The van der Waals surface area contributed by atoms with Crippen molar-refractivity contribution in [2.45, 2.75) is 71.8 Å². The summed E-state index contributed by atoms with van der Waals surface area (Å²) in [5.74, 6) is -1.23. The van der Waals surface area contributed by atoms with E-state index in [1.165, 1.54) is 19.3 Å². The van der Waals surface area contributed by atoms with Crippen molar-refractivity contribution in [3.63, 3.8) is 0 Å². The molecule has 1 saturated carbocycles. The van der Waals surface area contributed by atoms with Crippen LogP contribution in [0.3, 0.4) is 0 Å². The first-order chi connectivity index (χ1) is 11.5. The quantitative estimate of drug-likeness (QED) is 0.515. The smallest absolute Gasteiger partial charge is 0.340 e. The molecule has 0 aromatic heterocycles. The van der Waals surface area contributed by atoms with Crippen LogP contribution in [0.4, 0.5) is 0 Å². The summed E-state index contributed by atoms with van der Waals surface area (Å²) < 4.78 is 9.73. The third-order valence-corrected chi connectivity index (χ3v) is 4.51. The Kier molecular flexibility index (Phi) is 9.42. The topological polar surface area (TPSA) is 81.7 Å². The first-order valence-corrected chi connectivity index (χ1v) is 9.17. The predicted molar refractivity (Wildman–Crippen MR) is 90.2 cm³/mol. The second kappa shape index (κ2) is 11.0. The van der Waals surface area contributed by atoms with Crippen molar-refractivity contribution >= 4 is 17.8 Å². The third-order valence-electron chi connectivity index (χ3n) is 4.51. The second-order valence-corrected chi connectivity index (χ2v) is 6.31. The SMILES string of the molecule is CCCCC1CCC(C(=O)NC(C(=O)OCC)C(=O)OCC)CC1. The van der Waals surface area contributed by atoms with Crippen LogP contribution < -0.4 is 5.32 Å². The Labute approximate surface area is 144 Å². The van der Waals surface area contributed by atoms with Crippen LogP contribution in [0.2, 0.25) is 0 Å². The number of unbranched alkanes of at least 4 members (excludes halogenated alkanes) is 1. The van der Waals surface area contributed by atoms with Gasteiger partial charge in [0, 0.05) is 5.92 Å². The molecule has 0 spiro atoms. The van der Waals surface area contributed by atoms with Gasteiger partial charge in [-0.2, -0.15) is 0 Å². The summed E-state index contributed by atoms with van der Waals surface area (Å²) in [5, 5.41) is 2.53. The summed E-state index contributed by atoms with van der Waals surface area (Å²) in [4.78, 5) is 36.2. The van der Waals surface area contributed by atoms with Crippen LogP contribution in [0, 0.1) is 11.8 Å². The maximum atomic E-state index is 12.4. The molecule has 1 aliphatic rings. The Morgan fingerprint density at radius 3 is 1.96 bits per heavy atom. The van der Waals surface area contributed by atoms with E-state index in [2.05, 4.69) is 12.2 Å². The molecule has 6 nitrogen and oxygen atoms in total. The van der Waals surface area contributed by atoms with Crippen molar-refractivity contribution in [1.82, 2.24) is 5.32 Å².